The number of benzene rings is 3. The van der Waals surface area contributed by atoms with Crippen LogP contribution in [0.3, 0.4) is 0 Å². The van der Waals surface area contributed by atoms with Gasteiger partial charge < -0.3 is 19.5 Å². The van der Waals surface area contributed by atoms with Gasteiger partial charge in [-0.3, -0.25) is 14.7 Å². The highest BCUT2D eigenvalue weighted by Crippen LogP contribution is 2.37. The number of likely N-dealkylation sites (N-methyl/N-ethyl adjacent to an activating group) is 1. The van der Waals surface area contributed by atoms with E-state index in [0.29, 0.717) is 36.7 Å². The second kappa shape index (κ2) is 11.0. The molecule has 2 aliphatic heterocycles. The number of fused-ring (bicyclic) bond motifs is 1. The number of nitrogens with one attached hydrogen (secondary N) is 1. The average Bonchev–Trinajstić information content (AvgIpc) is 3.54. The van der Waals surface area contributed by atoms with E-state index >= 15 is 0 Å². The quantitative estimate of drug-likeness (QED) is 0.370. The van der Waals surface area contributed by atoms with E-state index in [1.165, 1.54) is 7.11 Å². The Labute approximate surface area is 215 Å². The number of esters is 1. The van der Waals surface area contributed by atoms with E-state index in [0.717, 1.165) is 28.9 Å². The van der Waals surface area contributed by atoms with Crippen molar-refractivity contribution in [2.45, 2.75) is 18.8 Å². The molecule has 3 aromatic rings. The van der Waals surface area contributed by atoms with Gasteiger partial charge in [0.25, 0.3) is 0 Å². The first-order chi connectivity index (χ1) is 18.0. The van der Waals surface area contributed by atoms with Crippen molar-refractivity contribution in [2.24, 2.45) is 4.99 Å². The van der Waals surface area contributed by atoms with E-state index in [2.05, 4.69) is 10.2 Å². The molecule has 2 aliphatic rings. The lowest BCUT2D eigenvalue weighted by Crippen LogP contribution is -2.29. The number of ether oxygens (including phenoxy) is 3. The fraction of sp³-hybridized carbons (Fsp3) is 0.276. The van der Waals surface area contributed by atoms with E-state index in [1.807, 2.05) is 61.6 Å². The molecular weight excluding hydrogens is 470 g/mol. The molecule has 190 valence electrons. The summed E-state index contributed by atoms with van der Waals surface area (Å²) in [4.78, 5) is 32.3. The van der Waals surface area contributed by atoms with Crippen LogP contribution in [0.4, 0.5) is 11.4 Å². The van der Waals surface area contributed by atoms with E-state index in [-0.39, 0.29) is 12.2 Å². The number of rotatable bonds is 8. The fourth-order valence-electron chi connectivity index (χ4n) is 4.64. The highest BCUT2D eigenvalue weighted by molar-refractivity contribution is 6.24. The molecule has 5 rings (SSSR count). The highest BCUT2D eigenvalue weighted by atomic mass is 16.7. The Kier molecular flexibility index (Phi) is 7.41. The zero-order valence-electron chi connectivity index (χ0n) is 20.8. The van der Waals surface area contributed by atoms with Gasteiger partial charge >= 0.3 is 5.97 Å². The Morgan fingerprint density at radius 1 is 1.03 bits per heavy atom. The summed E-state index contributed by atoms with van der Waals surface area (Å²) in [5.41, 5.74) is 5.13. The zero-order chi connectivity index (χ0) is 25.8. The number of aliphatic imine (C=N–C) groups is 1. The molecule has 1 saturated heterocycles. The average molecular weight is 500 g/mol. The molecule has 0 aromatic heterocycles. The number of amides is 1. The van der Waals surface area contributed by atoms with E-state index in [1.54, 1.807) is 18.2 Å². The molecule has 1 unspecified atom stereocenters. The van der Waals surface area contributed by atoms with Gasteiger partial charge in [-0.2, -0.15) is 0 Å². The Morgan fingerprint density at radius 2 is 1.76 bits per heavy atom. The summed E-state index contributed by atoms with van der Waals surface area (Å²) in [5, 5.41) is 2.91. The van der Waals surface area contributed by atoms with Crippen molar-refractivity contribution >= 4 is 29.0 Å². The van der Waals surface area contributed by atoms with Crippen LogP contribution in [0.2, 0.25) is 0 Å². The van der Waals surface area contributed by atoms with Crippen LogP contribution >= 0.6 is 0 Å². The maximum absolute atomic E-state index is 13.2. The Balaban J connectivity index is 1.42. The standard InChI is InChI=1S/C29H29N3O5/c1-32(18-25-36-14-15-37-25)17-19-8-11-22(12-9-19)30-27(20-6-4-3-5-7-20)26-23-13-10-21(29(34)35-2)16-24(23)31-28(26)33/h3-13,16,25-26H,14-15,17-18H2,1-2H3,(H,31,33). The molecule has 1 amide bonds. The van der Waals surface area contributed by atoms with Crippen molar-refractivity contribution < 1.29 is 23.8 Å². The predicted octanol–water partition coefficient (Wildman–Crippen LogP) is 4.13. The molecule has 2 heterocycles. The number of carbonyl (C=O) groups excluding carboxylic acids is 2. The number of nitrogens with zero attached hydrogens (tertiary/aromatic N) is 2. The molecule has 3 aromatic carbocycles. The van der Waals surface area contributed by atoms with Gasteiger partial charge in [0.2, 0.25) is 5.91 Å². The van der Waals surface area contributed by atoms with E-state index < -0.39 is 11.9 Å². The summed E-state index contributed by atoms with van der Waals surface area (Å²) in [6, 6.07) is 22.8. The lowest BCUT2D eigenvalue weighted by molar-refractivity contribution is -0.115. The highest BCUT2D eigenvalue weighted by Gasteiger charge is 2.36. The van der Waals surface area contributed by atoms with Gasteiger partial charge in [0.1, 0.15) is 5.92 Å². The van der Waals surface area contributed by atoms with Crippen LogP contribution in [-0.4, -0.2) is 62.7 Å². The van der Waals surface area contributed by atoms with Crippen LogP contribution in [0, 0.1) is 0 Å². The van der Waals surface area contributed by atoms with Crippen molar-refractivity contribution in [2.75, 3.05) is 39.2 Å². The smallest absolute Gasteiger partial charge is 0.337 e. The largest absolute Gasteiger partial charge is 0.465 e. The predicted molar refractivity (Wildman–Crippen MR) is 140 cm³/mol. The SMILES string of the molecule is COC(=O)c1ccc2c(c1)NC(=O)C2C(=Nc1ccc(CN(C)CC2OCCO2)cc1)c1ccccc1. The molecule has 0 aliphatic carbocycles. The molecule has 8 nitrogen and oxygen atoms in total. The van der Waals surface area contributed by atoms with Crippen molar-refractivity contribution in [3.63, 3.8) is 0 Å². The first-order valence-corrected chi connectivity index (χ1v) is 12.2. The van der Waals surface area contributed by atoms with Gasteiger partial charge in [0.05, 0.1) is 37.3 Å². The summed E-state index contributed by atoms with van der Waals surface area (Å²) < 4.78 is 15.9. The molecule has 1 N–H and O–H groups in total. The van der Waals surface area contributed by atoms with Gasteiger partial charge in [-0.25, -0.2) is 4.79 Å². The topological polar surface area (TPSA) is 89.5 Å². The fourth-order valence-corrected chi connectivity index (χ4v) is 4.64. The van der Waals surface area contributed by atoms with E-state index in [9.17, 15) is 9.59 Å². The summed E-state index contributed by atoms with van der Waals surface area (Å²) in [5.74, 6) is -1.25. The Hall–Kier alpha value is -3.85. The second-order valence-electron chi connectivity index (χ2n) is 9.11. The van der Waals surface area contributed by atoms with Crippen LogP contribution in [0.25, 0.3) is 0 Å². The first-order valence-electron chi connectivity index (χ1n) is 12.2. The minimum atomic E-state index is -0.610. The van der Waals surface area contributed by atoms with Crippen molar-refractivity contribution in [1.29, 1.82) is 0 Å². The number of carbonyl (C=O) groups is 2. The van der Waals surface area contributed by atoms with E-state index in [4.69, 9.17) is 19.2 Å². The first kappa shape index (κ1) is 24.8. The summed E-state index contributed by atoms with van der Waals surface area (Å²) in [6.45, 7) is 2.74. The third-order valence-electron chi connectivity index (χ3n) is 6.44. The van der Waals surface area contributed by atoms with Crippen LogP contribution in [0.1, 0.15) is 33.0 Å². The van der Waals surface area contributed by atoms with Gasteiger partial charge in [0.15, 0.2) is 6.29 Å². The maximum atomic E-state index is 13.2. The number of methoxy groups -OCH3 is 1. The van der Waals surface area contributed by atoms with Gasteiger partial charge in [-0.15, -0.1) is 0 Å². The summed E-state index contributed by atoms with van der Waals surface area (Å²) in [6.07, 6.45) is -0.175. The van der Waals surface area contributed by atoms with Crippen LogP contribution in [0.5, 0.6) is 0 Å². The van der Waals surface area contributed by atoms with Gasteiger partial charge in [-0.05, 0) is 48.0 Å². The van der Waals surface area contributed by atoms with Gasteiger partial charge in [0, 0.05) is 18.8 Å². The lowest BCUT2D eigenvalue weighted by atomic mass is 9.90. The lowest BCUT2D eigenvalue weighted by Gasteiger charge is -2.20. The van der Waals surface area contributed by atoms with Crippen molar-refractivity contribution in [3.8, 4) is 0 Å². The third kappa shape index (κ3) is 5.61. The molecule has 0 bridgehead atoms. The molecule has 0 radical (unpaired) electrons. The maximum Gasteiger partial charge on any atom is 0.337 e. The molecular formula is C29H29N3O5. The van der Waals surface area contributed by atoms with Crippen LogP contribution in [-0.2, 0) is 25.5 Å². The summed E-state index contributed by atoms with van der Waals surface area (Å²) >= 11 is 0. The van der Waals surface area contributed by atoms with Crippen LogP contribution < -0.4 is 5.32 Å². The van der Waals surface area contributed by atoms with Crippen molar-refractivity contribution in [1.82, 2.24) is 4.90 Å². The Bertz CT molecular complexity index is 1300. The number of hydrogen-bond donors (Lipinski definition) is 1. The second-order valence-corrected chi connectivity index (χ2v) is 9.11. The molecule has 1 atom stereocenters. The minimum Gasteiger partial charge on any atom is -0.465 e. The monoisotopic (exact) mass is 499 g/mol. The van der Waals surface area contributed by atoms with Crippen LogP contribution in [0.15, 0.2) is 77.8 Å². The van der Waals surface area contributed by atoms with Crippen molar-refractivity contribution in [3.05, 3.63) is 95.1 Å². The molecule has 1 fully saturated rings. The molecule has 0 saturated carbocycles. The normalized spacial score (nSPS) is 17.6. The number of hydrogen-bond acceptors (Lipinski definition) is 7. The molecule has 8 heteroatoms. The third-order valence-corrected chi connectivity index (χ3v) is 6.44. The zero-order valence-corrected chi connectivity index (χ0v) is 20.8. The molecule has 0 spiro atoms. The Morgan fingerprint density at radius 3 is 2.46 bits per heavy atom. The minimum absolute atomic E-state index is 0.175. The molecule has 37 heavy (non-hydrogen) atoms. The summed E-state index contributed by atoms with van der Waals surface area (Å²) in [7, 11) is 3.37. The van der Waals surface area contributed by atoms with Gasteiger partial charge in [-0.1, -0.05) is 48.5 Å². The number of anilines is 1.